The van der Waals surface area contributed by atoms with Gasteiger partial charge >= 0.3 is 0 Å². The highest BCUT2D eigenvalue weighted by Gasteiger charge is 2.33. The van der Waals surface area contributed by atoms with Crippen molar-refractivity contribution in [1.82, 2.24) is 9.62 Å². The van der Waals surface area contributed by atoms with E-state index < -0.39 is 11.4 Å². The van der Waals surface area contributed by atoms with E-state index in [0.717, 1.165) is 62.1 Å². The van der Waals surface area contributed by atoms with Gasteiger partial charge in [-0.15, -0.1) is 4.72 Å². The summed E-state index contributed by atoms with van der Waals surface area (Å²) in [5, 5.41) is 1.27. The maximum Gasteiger partial charge on any atom is 0.173 e. The van der Waals surface area contributed by atoms with Gasteiger partial charge in [-0.1, -0.05) is 47.0 Å². The second-order valence-corrected chi connectivity index (χ2v) is 10.5. The van der Waals surface area contributed by atoms with Crippen molar-refractivity contribution >= 4 is 40.3 Å². The van der Waals surface area contributed by atoms with Gasteiger partial charge in [0.05, 0.1) is 33.1 Å². The topological polar surface area (TPSA) is 41.6 Å². The van der Waals surface area contributed by atoms with Gasteiger partial charge in [0.2, 0.25) is 0 Å². The van der Waals surface area contributed by atoms with E-state index in [2.05, 4.69) is 14.5 Å². The number of anilines is 1. The molecule has 1 aliphatic carbocycles. The number of rotatable bonds is 7. The van der Waals surface area contributed by atoms with E-state index in [-0.39, 0.29) is 0 Å². The van der Waals surface area contributed by atoms with Crippen LogP contribution >= 0.6 is 23.2 Å². The lowest BCUT2D eigenvalue weighted by Crippen LogP contribution is -2.48. The maximum absolute atomic E-state index is 12.4. The Labute approximate surface area is 192 Å². The summed E-state index contributed by atoms with van der Waals surface area (Å²) in [7, 11) is 0. The Morgan fingerprint density at radius 3 is 2.43 bits per heavy atom. The molecule has 0 radical (unpaired) electrons. The molecular weight excluding hydrogens is 437 g/mol. The first-order chi connectivity index (χ1) is 14.5. The summed E-state index contributed by atoms with van der Waals surface area (Å²) in [5.74, 6) is 0.734. The van der Waals surface area contributed by atoms with Crippen LogP contribution in [0.15, 0.2) is 47.4 Å². The summed E-state index contributed by atoms with van der Waals surface area (Å²) < 4.78 is 15.7. The highest BCUT2D eigenvalue weighted by molar-refractivity contribution is 7.89. The van der Waals surface area contributed by atoms with Crippen LogP contribution in [-0.2, 0) is 11.4 Å². The molecule has 1 atom stereocenters. The summed E-state index contributed by atoms with van der Waals surface area (Å²) in [5.41, 5.74) is 2.23. The number of aryl methyl sites for hydroxylation is 1. The van der Waals surface area contributed by atoms with Crippen molar-refractivity contribution in [1.29, 1.82) is 0 Å². The molecule has 2 aromatic carbocycles. The predicted molar refractivity (Wildman–Crippen MR) is 127 cm³/mol. The SMILES string of the molecule is Cc1ccc([S+]([O-])N[C@H]2C[C@H](CCN3CCN(c4cccc(Cl)c4Cl)CC3)C2)cc1. The van der Waals surface area contributed by atoms with E-state index in [0.29, 0.717) is 16.1 Å². The normalized spacial score (nSPS) is 23.3. The van der Waals surface area contributed by atoms with E-state index in [1.165, 1.54) is 12.0 Å². The molecular formula is C23H29Cl2N3OS. The molecule has 1 saturated heterocycles. The van der Waals surface area contributed by atoms with Crippen LogP contribution in [0.3, 0.4) is 0 Å². The van der Waals surface area contributed by atoms with Gasteiger partial charge in [-0.25, -0.2) is 0 Å². The van der Waals surface area contributed by atoms with Gasteiger partial charge < -0.3 is 9.45 Å². The summed E-state index contributed by atoms with van der Waals surface area (Å²) in [6.07, 6.45) is 3.46. The highest BCUT2D eigenvalue weighted by Crippen LogP contribution is 2.34. The third kappa shape index (κ3) is 5.45. The Kier molecular flexibility index (Phi) is 7.50. The van der Waals surface area contributed by atoms with Crippen LogP contribution in [0.5, 0.6) is 0 Å². The molecule has 4 rings (SSSR count). The molecule has 30 heavy (non-hydrogen) atoms. The molecule has 0 aromatic heterocycles. The summed E-state index contributed by atoms with van der Waals surface area (Å²) in [6, 6.07) is 14.1. The van der Waals surface area contributed by atoms with Gasteiger partial charge in [-0.05, 0) is 62.9 Å². The third-order valence-electron chi connectivity index (χ3n) is 6.24. The molecule has 7 heteroatoms. The van der Waals surface area contributed by atoms with Crippen molar-refractivity contribution in [2.45, 2.75) is 37.1 Å². The molecule has 0 bridgehead atoms. The third-order valence-corrected chi connectivity index (χ3v) is 8.30. The summed E-state index contributed by atoms with van der Waals surface area (Å²) in [4.78, 5) is 5.73. The number of piperazine rings is 1. The second-order valence-electron chi connectivity index (χ2n) is 8.42. The number of hydrogen-bond acceptors (Lipinski definition) is 4. The Hall–Kier alpha value is -0.950. The van der Waals surface area contributed by atoms with Crippen LogP contribution in [0.2, 0.25) is 10.0 Å². The Balaban J connectivity index is 1.14. The lowest BCUT2D eigenvalue weighted by Gasteiger charge is -2.39. The largest absolute Gasteiger partial charge is 0.593 e. The lowest BCUT2D eigenvalue weighted by atomic mass is 9.79. The number of nitrogens with zero attached hydrogens (tertiary/aromatic N) is 2. The average Bonchev–Trinajstić information content (AvgIpc) is 2.72. The molecule has 1 N–H and O–H groups in total. The molecule has 1 heterocycles. The standard InChI is InChI=1S/C23H29Cl2N3OS/c1-17-5-7-20(8-6-17)30(29)26-19-15-18(16-19)9-10-27-11-13-28(14-12-27)22-4-2-3-21(24)23(22)25/h2-8,18-19,26H,9-16H2,1H3/t18-,19-,30?. The zero-order valence-corrected chi connectivity index (χ0v) is 19.6. The van der Waals surface area contributed by atoms with Crippen LogP contribution in [0.1, 0.15) is 24.8 Å². The van der Waals surface area contributed by atoms with Gasteiger partial charge in [0.15, 0.2) is 4.90 Å². The fraction of sp³-hybridized carbons (Fsp3) is 0.478. The predicted octanol–water partition coefficient (Wildman–Crippen LogP) is 4.90. The van der Waals surface area contributed by atoms with E-state index >= 15 is 0 Å². The average molecular weight is 466 g/mol. The van der Waals surface area contributed by atoms with E-state index in [4.69, 9.17) is 23.2 Å². The maximum atomic E-state index is 12.4. The first-order valence-corrected chi connectivity index (χ1v) is 12.6. The zero-order chi connectivity index (χ0) is 21.1. The van der Waals surface area contributed by atoms with E-state index in [1.54, 1.807) is 0 Å². The molecule has 2 aliphatic rings. The van der Waals surface area contributed by atoms with Gasteiger partial charge in [0, 0.05) is 26.2 Å². The molecule has 1 saturated carbocycles. The Morgan fingerprint density at radius 2 is 1.73 bits per heavy atom. The fourth-order valence-corrected chi connectivity index (χ4v) is 5.69. The fourth-order valence-electron chi connectivity index (χ4n) is 4.26. The number of halogens is 2. The molecule has 1 unspecified atom stereocenters. The smallest absolute Gasteiger partial charge is 0.173 e. The van der Waals surface area contributed by atoms with Crippen molar-refractivity contribution in [3.63, 3.8) is 0 Å². The lowest BCUT2D eigenvalue weighted by molar-refractivity contribution is 0.182. The van der Waals surface area contributed by atoms with Crippen molar-refractivity contribution in [3.05, 3.63) is 58.1 Å². The quantitative estimate of drug-likeness (QED) is 0.590. The van der Waals surface area contributed by atoms with Crippen LogP contribution in [0.4, 0.5) is 5.69 Å². The minimum absolute atomic E-state index is 0.374. The Bertz CT molecular complexity index is 837. The molecule has 1 aliphatic heterocycles. The number of hydrogen-bond donors (Lipinski definition) is 1. The van der Waals surface area contributed by atoms with Gasteiger partial charge in [-0.2, -0.15) is 0 Å². The van der Waals surface area contributed by atoms with Crippen LogP contribution < -0.4 is 9.62 Å². The van der Waals surface area contributed by atoms with Crippen LogP contribution in [0, 0.1) is 12.8 Å². The minimum atomic E-state index is -1.11. The van der Waals surface area contributed by atoms with Crippen LogP contribution in [0.25, 0.3) is 0 Å². The van der Waals surface area contributed by atoms with E-state index in [1.807, 2.05) is 49.4 Å². The molecule has 2 fully saturated rings. The second kappa shape index (κ2) is 10.1. The molecule has 0 amide bonds. The minimum Gasteiger partial charge on any atom is -0.593 e. The van der Waals surface area contributed by atoms with E-state index in [9.17, 15) is 4.55 Å². The highest BCUT2D eigenvalue weighted by atomic mass is 35.5. The van der Waals surface area contributed by atoms with Crippen LogP contribution in [-0.4, -0.2) is 48.2 Å². The summed E-state index contributed by atoms with van der Waals surface area (Å²) >= 11 is 11.4. The molecule has 2 aromatic rings. The van der Waals surface area contributed by atoms with Crippen molar-refractivity contribution < 1.29 is 4.55 Å². The van der Waals surface area contributed by atoms with Crippen molar-refractivity contribution in [2.75, 3.05) is 37.6 Å². The first kappa shape index (κ1) is 22.3. The number of benzene rings is 2. The van der Waals surface area contributed by atoms with Gasteiger partial charge in [0.25, 0.3) is 0 Å². The van der Waals surface area contributed by atoms with Gasteiger partial charge in [0.1, 0.15) is 0 Å². The Morgan fingerprint density at radius 1 is 1.03 bits per heavy atom. The van der Waals surface area contributed by atoms with Gasteiger partial charge in [-0.3, -0.25) is 4.90 Å². The summed E-state index contributed by atoms with van der Waals surface area (Å²) in [6.45, 7) is 7.23. The number of nitrogens with one attached hydrogen (secondary N) is 1. The molecule has 0 spiro atoms. The van der Waals surface area contributed by atoms with Crippen molar-refractivity contribution in [2.24, 2.45) is 5.92 Å². The molecule has 162 valence electrons. The van der Waals surface area contributed by atoms with Crippen molar-refractivity contribution in [3.8, 4) is 0 Å². The first-order valence-electron chi connectivity index (χ1n) is 10.7. The zero-order valence-electron chi connectivity index (χ0n) is 17.3. The monoisotopic (exact) mass is 465 g/mol. The molecule has 4 nitrogen and oxygen atoms in total.